The van der Waals surface area contributed by atoms with E-state index in [1.165, 1.54) is 12.6 Å². The molecule has 0 radical (unpaired) electrons. The van der Waals surface area contributed by atoms with Crippen LogP contribution >= 0.6 is 0 Å². The van der Waals surface area contributed by atoms with Crippen LogP contribution in [0.15, 0.2) is 24.8 Å². The van der Waals surface area contributed by atoms with Crippen molar-refractivity contribution in [3.8, 4) is 0 Å². The Hall–Kier alpha value is -2.29. The SMILES string of the molecule is CS(=O)(=O)CCNc1ncnc2c1CCN(c1ncccn1)CC2. The fraction of sp³-hybridized carbons (Fsp3) is 0.467. The predicted octanol–water partition coefficient (Wildman–Crippen LogP) is 0.328. The summed E-state index contributed by atoms with van der Waals surface area (Å²) in [7, 11) is -3.00. The van der Waals surface area contributed by atoms with E-state index in [2.05, 4.69) is 30.2 Å². The number of fused-ring (bicyclic) bond motifs is 1. The lowest BCUT2D eigenvalue weighted by atomic mass is 10.1. The molecule has 1 N–H and O–H groups in total. The topological polar surface area (TPSA) is 101 Å². The highest BCUT2D eigenvalue weighted by Gasteiger charge is 2.20. The molecule has 0 amide bonds. The Morgan fingerprint density at radius 3 is 2.62 bits per heavy atom. The second-order valence-corrected chi connectivity index (χ2v) is 8.00. The molecule has 3 heterocycles. The third-order valence-electron chi connectivity index (χ3n) is 3.89. The number of hydrogen-bond donors (Lipinski definition) is 1. The van der Waals surface area contributed by atoms with Crippen molar-refractivity contribution in [2.45, 2.75) is 12.8 Å². The largest absolute Gasteiger partial charge is 0.369 e. The van der Waals surface area contributed by atoms with Gasteiger partial charge in [0.15, 0.2) is 0 Å². The van der Waals surface area contributed by atoms with Crippen LogP contribution in [-0.4, -0.2) is 60.0 Å². The van der Waals surface area contributed by atoms with Crippen LogP contribution in [0.25, 0.3) is 0 Å². The van der Waals surface area contributed by atoms with Gasteiger partial charge in [0.05, 0.1) is 11.4 Å². The Bertz CT molecular complexity index is 797. The molecule has 9 heteroatoms. The number of rotatable bonds is 5. The Kier molecular flexibility index (Phi) is 4.89. The highest BCUT2D eigenvalue weighted by Crippen LogP contribution is 2.21. The third kappa shape index (κ3) is 4.16. The number of nitrogens with zero attached hydrogens (tertiary/aromatic N) is 5. The van der Waals surface area contributed by atoms with Crippen LogP contribution in [0, 0.1) is 0 Å². The Balaban J connectivity index is 1.73. The lowest BCUT2D eigenvalue weighted by molar-refractivity contribution is 0.602. The van der Waals surface area contributed by atoms with E-state index in [0.717, 1.165) is 43.0 Å². The maximum atomic E-state index is 11.3. The molecule has 0 saturated carbocycles. The molecule has 0 saturated heterocycles. The van der Waals surface area contributed by atoms with Crippen molar-refractivity contribution in [3.63, 3.8) is 0 Å². The number of anilines is 2. The quantitative estimate of drug-likeness (QED) is 0.825. The first-order chi connectivity index (χ1) is 11.5. The van der Waals surface area contributed by atoms with Crippen LogP contribution in [0.4, 0.5) is 11.8 Å². The summed E-state index contributed by atoms with van der Waals surface area (Å²) in [4.78, 5) is 19.4. The van der Waals surface area contributed by atoms with E-state index in [-0.39, 0.29) is 5.75 Å². The predicted molar refractivity (Wildman–Crippen MR) is 91.9 cm³/mol. The van der Waals surface area contributed by atoms with E-state index >= 15 is 0 Å². The fourth-order valence-electron chi connectivity index (χ4n) is 2.69. The van der Waals surface area contributed by atoms with E-state index in [1.54, 1.807) is 18.5 Å². The summed E-state index contributed by atoms with van der Waals surface area (Å²) in [5.74, 6) is 1.51. The third-order valence-corrected chi connectivity index (χ3v) is 4.83. The number of aromatic nitrogens is 4. The summed E-state index contributed by atoms with van der Waals surface area (Å²) >= 11 is 0. The van der Waals surface area contributed by atoms with Crippen LogP contribution in [0.2, 0.25) is 0 Å². The minimum atomic E-state index is -3.00. The van der Waals surface area contributed by atoms with E-state index in [1.807, 2.05) is 0 Å². The number of nitrogens with one attached hydrogen (secondary N) is 1. The molecule has 0 atom stereocenters. The van der Waals surface area contributed by atoms with Gasteiger partial charge in [-0.25, -0.2) is 28.4 Å². The van der Waals surface area contributed by atoms with Gasteiger partial charge in [-0.05, 0) is 12.5 Å². The molecule has 0 fully saturated rings. The highest BCUT2D eigenvalue weighted by atomic mass is 32.2. The van der Waals surface area contributed by atoms with Crippen LogP contribution in [-0.2, 0) is 22.7 Å². The van der Waals surface area contributed by atoms with Crippen molar-refractivity contribution in [1.82, 2.24) is 19.9 Å². The van der Waals surface area contributed by atoms with Gasteiger partial charge in [0, 0.05) is 50.3 Å². The average Bonchev–Trinajstić information content (AvgIpc) is 2.78. The molecule has 0 aromatic carbocycles. The summed E-state index contributed by atoms with van der Waals surface area (Å²) in [6.07, 6.45) is 7.76. The van der Waals surface area contributed by atoms with Crippen LogP contribution in [0.5, 0.6) is 0 Å². The molecule has 0 bridgehead atoms. The van der Waals surface area contributed by atoms with Gasteiger partial charge >= 0.3 is 0 Å². The van der Waals surface area contributed by atoms with Gasteiger partial charge in [-0.2, -0.15) is 0 Å². The maximum absolute atomic E-state index is 11.3. The van der Waals surface area contributed by atoms with Crippen molar-refractivity contribution in [2.75, 3.05) is 41.9 Å². The summed E-state index contributed by atoms with van der Waals surface area (Å²) in [6.45, 7) is 1.90. The van der Waals surface area contributed by atoms with Gasteiger partial charge in [-0.15, -0.1) is 0 Å². The molecule has 1 aliphatic heterocycles. The molecule has 24 heavy (non-hydrogen) atoms. The first-order valence-corrected chi connectivity index (χ1v) is 9.85. The van der Waals surface area contributed by atoms with Gasteiger partial charge in [-0.3, -0.25) is 0 Å². The molecular formula is C15H20N6O2S. The van der Waals surface area contributed by atoms with Crippen LogP contribution < -0.4 is 10.2 Å². The molecule has 1 aliphatic rings. The molecule has 3 rings (SSSR count). The van der Waals surface area contributed by atoms with Crippen molar-refractivity contribution in [3.05, 3.63) is 36.0 Å². The van der Waals surface area contributed by atoms with Gasteiger partial charge in [0.1, 0.15) is 22.0 Å². The van der Waals surface area contributed by atoms with Gasteiger partial charge in [0.25, 0.3) is 0 Å². The molecule has 128 valence electrons. The first kappa shape index (κ1) is 16.6. The fourth-order valence-corrected chi connectivity index (χ4v) is 3.16. The minimum absolute atomic E-state index is 0.0791. The second kappa shape index (κ2) is 7.08. The van der Waals surface area contributed by atoms with E-state index in [4.69, 9.17) is 0 Å². The van der Waals surface area contributed by atoms with Gasteiger partial charge in [0.2, 0.25) is 5.95 Å². The standard InChI is InChI=1S/C15H20N6O2S/c1-24(22,23)10-7-16-14-12-3-8-21(15-17-5-2-6-18-15)9-4-13(12)19-11-20-14/h2,5-6,11H,3-4,7-10H2,1H3,(H,16,19,20). The van der Waals surface area contributed by atoms with E-state index in [0.29, 0.717) is 12.5 Å². The maximum Gasteiger partial charge on any atom is 0.225 e. The zero-order chi connectivity index (χ0) is 17.0. The first-order valence-electron chi connectivity index (χ1n) is 7.79. The summed E-state index contributed by atoms with van der Waals surface area (Å²) in [5, 5.41) is 3.13. The van der Waals surface area contributed by atoms with Gasteiger partial charge < -0.3 is 10.2 Å². The highest BCUT2D eigenvalue weighted by molar-refractivity contribution is 7.90. The molecule has 2 aromatic rings. The zero-order valence-corrected chi connectivity index (χ0v) is 14.3. The Labute approximate surface area is 141 Å². The molecule has 2 aromatic heterocycles. The lowest BCUT2D eigenvalue weighted by Gasteiger charge is -2.19. The van der Waals surface area contributed by atoms with Crippen molar-refractivity contribution >= 4 is 21.6 Å². The monoisotopic (exact) mass is 348 g/mol. The minimum Gasteiger partial charge on any atom is -0.369 e. The molecule has 0 aliphatic carbocycles. The van der Waals surface area contributed by atoms with E-state index < -0.39 is 9.84 Å². The van der Waals surface area contributed by atoms with Crippen LogP contribution in [0.3, 0.4) is 0 Å². The Morgan fingerprint density at radius 1 is 1.12 bits per heavy atom. The Morgan fingerprint density at radius 2 is 1.88 bits per heavy atom. The van der Waals surface area contributed by atoms with Crippen molar-refractivity contribution < 1.29 is 8.42 Å². The molecule has 0 spiro atoms. The normalized spacial score (nSPS) is 14.8. The molecule has 8 nitrogen and oxygen atoms in total. The number of sulfone groups is 1. The summed E-state index contributed by atoms with van der Waals surface area (Å²) < 4.78 is 22.5. The number of hydrogen-bond acceptors (Lipinski definition) is 8. The van der Waals surface area contributed by atoms with E-state index in [9.17, 15) is 8.42 Å². The smallest absolute Gasteiger partial charge is 0.225 e. The molecular weight excluding hydrogens is 328 g/mol. The lowest BCUT2D eigenvalue weighted by Crippen LogP contribution is -2.27. The van der Waals surface area contributed by atoms with Crippen LogP contribution in [0.1, 0.15) is 11.3 Å². The van der Waals surface area contributed by atoms with Gasteiger partial charge in [-0.1, -0.05) is 0 Å². The second-order valence-electron chi connectivity index (χ2n) is 5.74. The van der Waals surface area contributed by atoms with Crippen molar-refractivity contribution in [2.24, 2.45) is 0 Å². The summed E-state index contributed by atoms with van der Waals surface area (Å²) in [5.41, 5.74) is 2.04. The molecule has 0 unspecified atom stereocenters. The van der Waals surface area contributed by atoms with Crippen molar-refractivity contribution in [1.29, 1.82) is 0 Å². The zero-order valence-electron chi connectivity index (χ0n) is 13.5. The summed E-state index contributed by atoms with van der Waals surface area (Å²) in [6, 6.07) is 1.80. The average molecular weight is 348 g/mol.